The molecule has 1 aliphatic carbocycles. The number of aliphatic carboxylic acids is 1. The largest absolute Gasteiger partial charge is 0.481 e. The van der Waals surface area contributed by atoms with Gasteiger partial charge in [-0.1, -0.05) is 37.1 Å². The van der Waals surface area contributed by atoms with Crippen molar-refractivity contribution in [2.24, 2.45) is 11.3 Å². The number of hydrogen-bond donors (Lipinski definition) is 2. The van der Waals surface area contributed by atoms with Crippen molar-refractivity contribution in [3.63, 3.8) is 0 Å². The number of rotatable bonds is 5. The molecule has 2 fully saturated rings. The van der Waals surface area contributed by atoms with E-state index in [1.54, 1.807) is 41.3 Å². The quantitative estimate of drug-likeness (QED) is 0.809. The van der Waals surface area contributed by atoms with Gasteiger partial charge >= 0.3 is 5.97 Å². The number of carboxylic acids is 1. The van der Waals surface area contributed by atoms with Gasteiger partial charge in [-0.05, 0) is 54.2 Å². The van der Waals surface area contributed by atoms with Crippen LogP contribution in [-0.2, 0) is 4.79 Å². The predicted octanol–water partition coefficient (Wildman–Crippen LogP) is 3.57. The summed E-state index contributed by atoms with van der Waals surface area (Å²) in [7, 11) is 0. The van der Waals surface area contributed by atoms with Crippen molar-refractivity contribution in [1.82, 2.24) is 4.90 Å². The molecule has 2 aromatic rings. The Labute approximate surface area is 168 Å². The molecule has 2 aliphatic rings. The molecule has 1 aliphatic heterocycles. The van der Waals surface area contributed by atoms with Crippen LogP contribution in [0.2, 0.25) is 0 Å². The van der Waals surface area contributed by atoms with Crippen LogP contribution in [0.3, 0.4) is 0 Å². The minimum atomic E-state index is -1.29. The van der Waals surface area contributed by atoms with Gasteiger partial charge in [0.25, 0.3) is 5.91 Å². The molecule has 0 spiro atoms. The van der Waals surface area contributed by atoms with Crippen molar-refractivity contribution < 1.29 is 24.2 Å². The summed E-state index contributed by atoms with van der Waals surface area (Å²) in [4.78, 5) is 26.6. The van der Waals surface area contributed by atoms with Crippen LogP contribution in [0.4, 0.5) is 4.39 Å². The standard InChI is InChI=1S/C23H24FNO4/c24-19-9-7-17(8-10-19)16-3-5-18(6-4-16)21(27)25-12-11-20(26)23(14-25,22(28)29)13-15-1-2-15/h3-10,15,20,26H,1-2,11-14H2,(H,28,29)/t20-,23+/m0/s1. The first kappa shape index (κ1) is 19.6. The number of amides is 1. The third-order valence-corrected chi connectivity index (χ3v) is 6.16. The summed E-state index contributed by atoms with van der Waals surface area (Å²) in [5, 5.41) is 20.3. The zero-order chi connectivity index (χ0) is 20.6. The highest BCUT2D eigenvalue weighted by Crippen LogP contribution is 2.45. The average Bonchev–Trinajstić information content (AvgIpc) is 3.54. The van der Waals surface area contributed by atoms with Gasteiger partial charge in [0.05, 0.1) is 6.10 Å². The summed E-state index contributed by atoms with van der Waals surface area (Å²) in [6.45, 7) is 0.359. The fraction of sp³-hybridized carbons (Fsp3) is 0.391. The number of halogens is 1. The van der Waals surface area contributed by atoms with E-state index in [9.17, 15) is 24.2 Å². The lowest BCUT2D eigenvalue weighted by Gasteiger charge is -2.43. The molecule has 6 heteroatoms. The van der Waals surface area contributed by atoms with Crippen LogP contribution in [0.5, 0.6) is 0 Å². The summed E-state index contributed by atoms with van der Waals surface area (Å²) >= 11 is 0. The summed E-state index contributed by atoms with van der Waals surface area (Å²) in [6, 6.07) is 13.1. The fourth-order valence-electron chi connectivity index (χ4n) is 4.22. The number of likely N-dealkylation sites (tertiary alicyclic amines) is 1. The number of piperidine rings is 1. The van der Waals surface area contributed by atoms with E-state index >= 15 is 0 Å². The Balaban J connectivity index is 1.52. The van der Waals surface area contributed by atoms with E-state index in [1.165, 1.54) is 12.1 Å². The lowest BCUT2D eigenvalue weighted by molar-refractivity contribution is -0.163. The molecule has 0 aromatic heterocycles. The molecule has 0 unspecified atom stereocenters. The van der Waals surface area contributed by atoms with Crippen molar-refractivity contribution in [2.75, 3.05) is 13.1 Å². The fourth-order valence-corrected chi connectivity index (χ4v) is 4.22. The molecule has 1 saturated heterocycles. The van der Waals surface area contributed by atoms with Crippen molar-refractivity contribution >= 4 is 11.9 Å². The van der Waals surface area contributed by atoms with Gasteiger partial charge in [0.15, 0.2) is 0 Å². The molecule has 2 aromatic carbocycles. The molecule has 5 nitrogen and oxygen atoms in total. The Bertz CT molecular complexity index is 907. The summed E-state index contributed by atoms with van der Waals surface area (Å²) in [5.41, 5.74) is 0.895. The van der Waals surface area contributed by atoms with Crippen LogP contribution in [-0.4, -0.2) is 46.2 Å². The molecule has 1 heterocycles. The van der Waals surface area contributed by atoms with Crippen LogP contribution in [0.1, 0.15) is 36.0 Å². The Morgan fingerprint density at radius 1 is 1.00 bits per heavy atom. The second kappa shape index (κ2) is 7.59. The van der Waals surface area contributed by atoms with Gasteiger partial charge in [0.1, 0.15) is 11.2 Å². The summed E-state index contributed by atoms with van der Waals surface area (Å²) in [6.07, 6.45) is 1.71. The Morgan fingerprint density at radius 3 is 2.14 bits per heavy atom. The number of carbonyl (C=O) groups excluding carboxylic acids is 1. The van der Waals surface area contributed by atoms with E-state index < -0.39 is 17.5 Å². The number of aliphatic hydroxyl groups is 1. The highest BCUT2D eigenvalue weighted by molar-refractivity contribution is 5.95. The van der Waals surface area contributed by atoms with Crippen LogP contribution < -0.4 is 0 Å². The molecule has 2 N–H and O–H groups in total. The smallest absolute Gasteiger partial charge is 0.314 e. The van der Waals surface area contributed by atoms with Crippen molar-refractivity contribution in [1.29, 1.82) is 0 Å². The monoisotopic (exact) mass is 397 g/mol. The molecular formula is C23H24FNO4. The first-order chi connectivity index (χ1) is 13.9. The van der Waals surface area contributed by atoms with Gasteiger partial charge in [-0.3, -0.25) is 9.59 Å². The molecule has 4 rings (SSSR count). The maximum Gasteiger partial charge on any atom is 0.314 e. The minimum absolute atomic E-state index is 0.0263. The molecule has 0 radical (unpaired) electrons. The van der Waals surface area contributed by atoms with Crippen molar-refractivity contribution in [3.8, 4) is 11.1 Å². The Morgan fingerprint density at radius 2 is 1.59 bits per heavy atom. The maximum atomic E-state index is 13.1. The SMILES string of the molecule is O=C(c1ccc(-c2ccc(F)cc2)cc1)N1CC[C@H](O)[C@](CC2CC2)(C(=O)O)C1. The number of hydrogen-bond acceptors (Lipinski definition) is 3. The molecule has 0 bridgehead atoms. The topological polar surface area (TPSA) is 77.8 Å². The highest BCUT2D eigenvalue weighted by atomic mass is 19.1. The van der Waals surface area contributed by atoms with E-state index in [0.29, 0.717) is 24.4 Å². The molecule has 1 saturated carbocycles. The van der Waals surface area contributed by atoms with Gasteiger partial charge in [-0.25, -0.2) is 4.39 Å². The second-order valence-corrected chi connectivity index (χ2v) is 8.22. The normalized spacial score (nSPS) is 24.3. The second-order valence-electron chi connectivity index (χ2n) is 8.22. The zero-order valence-corrected chi connectivity index (χ0v) is 16.1. The predicted molar refractivity (Wildman–Crippen MR) is 106 cm³/mol. The summed E-state index contributed by atoms with van der Waals surface area (Å²) in [5.74, 6) is -1.24. The minimum Gasteiger partial charge on any atom is -0.481 e. The number of carbonyl (C=O) groups is 2. The number of nitrogens with zero attached hydrogens (tertiary/aromatic N) is 1. The van der Waals surface area contributed by atoms with Crippen molar-refractivity contribution in [3.05, 3.63) is 59.9 Å². The van der Waals surface area contributed by atoms with Gasteiger partial charge in [-0.2, -0.15) is 0 Å². The first-order valence-electron chi connectivity index (χ1n) is 9.96. The van der Waals surface area contributed by atoms with Gasteiger partial charge in [0.2, 0.25) is 0 Å². The summed E-state index contributed by atoms with van der Waals surface area (Å²) < 4.78 is 13.1. The molecule has 152 valence electrons. The number of carboxylic acid groups (broad SMARTS) is 1. The van der Waals surface area contributed by atoms with E-state index in [2.05, 4.69) is 0 Å². The van der Waals surface area contributed by atoms with Gasteiger partial charge in [-0.15, -0.1) is 0 Å². The molecule has 29 heavy (non-hydrogen) atoms. The van der Waals surface area contributed by atoms with Crippen LogP contribution >= 0.6 is 0 Å². The van der Waals surface area contributed by atoms with Gasteiger partial charge < -0.3 is 15.1 Å². The van der Waals surface area contributed by atoms with Crippen LogP contribution in [0.15, 0.2) is 48.5 Å². The van der Waals surface area contributed by atoms with Crippen molar-refractivity contribution in [2.45, 2.75) is 31.8 Å². The van der Waals surface area contributed by atoms with Gasteiger partial charge in [0, 0.05) is 18.7 Å². The Hall–Kier alpha value is -2.73. The third kappa shape index (κ3) is 3.90. The average molecular weight is 397 g/mol. The van der Waals surface area contributed by atoms with E-state index in [4.69, 9.17) is 0 Å². The molecular weight excluding hydrogens is 373 g/mol. The molecule has 1 amide bonds. The lowest BCUT2D eigenvalue weighted by Crippen LogP contribution is -2.57. The Kier molecular flexibility index (Phi) is 5.13. The van der Waals surface area contributed by atoms with E-state index in [0.717, 1.165) is 24.0 Å². The first-order valence-corrected chi connectivity index (χ1v) is 9.96. The number of aliphatic hydroxyl groups excluding tert-OH is 1. The van der Waals surface area contributed by atoms with E-state index in [1.807, 2.05) is 0 Å². The van der Waals surface area contributed by atoms with Crippen LogP contribution in [0, 0.1) is 17.2 Å². The molecule has 2 atom stereocenters. The number of benzene rings is 2. The lowest BCUT2D eigenvalue weighted by atomic mass is 9.73. The third-order valence-electron chi connectivity index (χ3n) is 6.16. The zero-order valence-electron chi connectivity index (χ0n) is 16.1. The highest BCUT2D eigenvalue weighted by Gasteiger charge is 2.52. The van der Waals surface area contributed by atoms with Crippen LogP contribution in [0.25, 0.3) is 11.1 Å². The maximum absolute atomic E-state index is 13.1. The van der Waals surface area contributed by atoms with E-state index in [-0.39, 0.29) is 24.7 Å².